The lowest BCUT2D eigenvalue weighted by Gasteiger charge is -2.08. The normalized spacial score (nSPS) is 11.4. The van der Waals surface area contributed by atoms with Crippen molar-refractivity contribution in [2.75, 3.05) is 16.6 Å². The summed E-state index contributed by atoms with van der Waals surface area (Å²) in [5.74, 6) is 0.645. The first-order valence-corrected chi connectivity index (χ1v) is 8.19. The number of pyridine rings is 1. The van der Waals surface area contributed by atoms with Crippen LogP contribution in [-0.2, 0) is 23.5 Å². The molecule has 114 valence electrons. The van der Waals surface area contributed by atoms with Gasteiger partial charge in [-0.3, -0.25) is 9.40 Å². The van der Waals surface area contributed by atoms with Gasteiger partial charge in [0.25, 0.3) is 10.0 Å². The Morgan fingerprint density at radius 2 is 2.05 bits per heavy atom. The van der Waals surface area contributed by atoms with Crippen LogP contribution in [0.2, 0.25) is 0 Å². The highest BCUT2D eigenvalue weighted by Gasteiger charge is 2.17. The summed E-state index contributed by atoms with van der Waals surface area (Å²) in [6.07, 6.45) is 3.63. The quantitative estimate of drug-likeness (QED) is 0.846. The fourth-order valence-corrected chi connectivity index (χ4v) is 2.93. The summed E-state index contributed by atoms with van der Waals surface area (Å²) in [6, 6.07) is 3.16. The number of nitrogens with zero attached hydrogens (tertiary/aromatic N) is 3. The first-order valence-electron chi connectivity index (χ1n) is 6.71. The van der Waals surface area contributed by atoms with Crippen LogP contribution >= 0.6 is 0 Å². The minimum absolute atomic E-state index is 0.120. The van der Waals surface area contributed by atoms with Gasteiger partial charge in [-0.05, 0) is 25.5 Å². The Morgan fingerprint density at radius 3 is 2.62 bits per heavy atom. The molecule has 0 saturated carbocycles. The number of aryl methyl sites for hydroxylation is 2. The molecule has 0 amide bonds. The van der Waals surface area contributed by atoms with Crippen molar-refractivity contribution in [3.63, 3.8) is 0 Å². The van der Waals surface area contributed by atoms with Crippen LogP contribution < -0.4 is 10.0 Å². The maximum Gasteiger partial charge on any atom is 0.263 e. The first kappa shape index (κ1) is 15.3. The largest absolute Gasteiger partial charge is 0.370 e. The smallest absolute Gasteiger partial charge is 0.263 e. The van der Waals surface area contributed by atoms with E-state index < -0.39 is 10.0 Å². The van der Waals surface area contributed by atoms with Crippen molar-refractivity contribution >= 4 is 21.5 Å². The Labute approximate surface area is 124 Å². The van der Waals surface area contributed by atoms with Crippen LogP contribution in [0.3, 0.4) is 0 Å². The van der Waals surface area contributed by atoms with Gasteiger partial charge in [-0.2, -0.15) is 5.10 Å². The second-order valence-corrected chi connectivity index (χ2v) is 6.21. The molecule has 2 aromatic heterocycles. The van der Waals surface area contributed by atoms with Crippen LogP contribution in [0.4, 0.5) is 11.5 Å². The van der Waals surface area contributed by atoms with E-state index in [-0.39, 0.29) is 4.90 Å². The lowest BCUT2D eigenvalue weighted by atomic mass is 10.3. The van der Waals surface area contributed by atoms with Crippen LogP contribution in [0.25, 0.3) is 0 Å². The van der Waals surface area contributed by atoms with Crippen LogP contribution in [0.5, 0.6) is 0 Å². The SMILES string of the molecule is CCNc1ccc(S(=O)(=O)Nc2cn(C)nc2CC)cn1. The summed E-state index contributed by atoms with van der Waals surface area (Å²) >= 11 is 0. The van der Waals surface area contributed by atoms with Crippen molar-refractivity contribution in [2.45, 2.75) is 25.2 Å². The van der Waals surface area contributed by atoms with Crippen molar-refractivity contribution in [3.8, 4) is 0 Å². The monoisotopic (exact) mass is 309 g/mol. The summed E-state index contributed by atoms with van der Waals surface area (Å²) in [4.78, 5) is 4.19. The topological polar surface area (TPSA) is 88.9 Å². The molecule has 0 saturated heterocycles. The predicted molar refractivity (Wildman–Crippen MR) is 81.8 cm³/mol. The molecule has 2 N–H and O–H groups in total. The van der Waals surface area contributed by atoms with Gasteiger partial charge in [-0.25, -0.2) is 13.4 Å². The molecule has 0 aliphatic rings. The van der Waals surface area contributed by atoms with Gasteiger partial charge in [0.15, 0.2) is 0 Å². The van der Waals surface area contributed by atoms with Crippen LogP contribution in [0.15, 0.2) is 29.4 Å². The molecular formula is C13H19N5O2S. The van der Waals surface area contributed by atoms with Crippen LogP contribution in [-0.4, -0.2) is 29.7 Å². The van der Waals surface area contributed by atoms with E-state index in [1.807, 2.05) is 13.8 Å². The van der Waals surface area contributed by atoms with Gasteiger partial charge in [-0.1, -0.05) is 6.92 Å². The number of aromatic nitrogens is 3. The Kier molecular flexibility index (Phi) is 4.46. The third-order valence-corrected chi connectivity index (χ3v) is 4.24. The molecule has 0 bridgehead atoms. The van der Waals surface area contributed by atoms with Gasteiger partial charge >= 0.3 is 0 Å². The third kappa shape index (κ3) is 3.52. The van der Waals surface area contributed by atoms with Crippen molar-refractivity contribution < 1.29 is 8.42 Å². The predicted octanol–water partition coefficient (Wildman–Crippen LogP) is 1.61. The minimum atomic E-state index is -3.66. The Bertz CT molecular complexity index is 707. The molecule has 7 nitrogen and oxygen atoms in total. The van der Waals surface area contributed by atoms with Crippen molar-refractivity contribution in [3.05, 3.63) is 30.2 Å². The molecule has 0 aliphatic carbocycles. The Balaban J connectivity index is 2.25. The minimum Gasteiger partial charge on any atom is -0.370 e. The summed E-state index contributed by atoms with van der Waals surface area (Å²) in [7, 11) is -1.90. The zero-order chi connectivity index (χ0) is 15.5. The van der Waals surface area contributed by atoms with Gasteiger partial charge < -0.3 is 5.32 Å². The van der Waals surface area contributed by atoms with E-state index in [0.717, 1.165) is 6.54 Å². The highest BCUT2D eigenvalue weighted by molar-refractivity contribution is 7.92. The molecule has 0 aromatic carbocycles. The second kappa shape index (κ2) is 6.13. The summed E-state index contributed by atoms with van der Waals surface area (Å²) in [5, 5.41) is 7.23. The summed E-state index contributed by atoms with van der Waals surface area (Å²) in [5.41, 5.74) is 1.20. The third-order valence-electron chi connectivity index (χ3n) is 2.89. The number of hydrogen-bond acceptors (Lipinski definition) is 5. The molecule has 0 fully saturated rings. The fourth-order valence-electron chi connectivity index (χ4n) is 1.91. The van der Waals surface area contributed by atoms with E-state index in [9.17, 15) is 8.42 Å². The fraction of sp³-hybridized carbons (Fsp3) is 0.385. The highest BCUT2D eigenvalue weighted by Crippen LogP contribution is 2.19. The Morgan fingerprint density at radius 1 is 1.29 bits per heavy atom. The van der Waals surface area contributed by atoms with Crippen molar-refractivity contribution in [1.29, 1.82) is 0 Å². The van der Waals surface area contributed by atoms with Gasteiger partial charge in [-0.15, -0.1) is 0 Å². The summed E-state index contributed by atoms with van der Waals surface area (Å²) in [6.45, 7) is 4.60. The van der Waals surface area contributed by atoms with E-state index in [1.165, 1.54) is 12.3 Å². The molecule has 2 heterocycles. The van der Waals surface area contributed by atoms with Gasteiger partial charge in [0.2, 0.25) is 0 Å². The molecule has 0 spiro atoms. The molecular weight excluding hydrogens is 290 g/mol. The average molecular weight is 309 g/mol. The average Bonchev–Trinajstić information content (AvgIpc) is 2.79. The molecule has 2 rings (SSSR count). The lowest BCUT2D eigenvalue weighted by Crippen LogP contribution is -2.14. The molecule has 2 aromatic rings. The van der Waals surface area contributed by atoms with E-state index in [2.05, 4.69) is 20.1 Å². The van der Waals surface area contributed by atoms with Crippen LogP contribution in [0.1, 0.15) is 19.5 Å². The molecule has 0 aliphatic heterocycles. The number of rotatable bonds is 6. The van der Waals surface area contributed by atoms with Crippen molar-refractivity contribution in [2.24, 2.45) is 7.05 Å². The number of anilines is 2. The maximum absolute atomic E-state index is 12.3. The lowest BCUT2D eigenvalue weighted by molar-refractivity contribution is 0.601. The van der Waals surface area contributed by atoms with E-state index in [1.54, 1.807) is 24.0 Å². The molecule has 0 atom stereocenters. The van der Waals surface area contributed by atoms with E-state index >= 15 is 0 Å². The Hall–Kier alpha value is -2.09. The molecule has 8 heteroatoms. The van der Waals surface area contributed by atoms with Gasteiger partial charge in [0.05, 0.1) is 11.4 Å². The van der Waals surface area contributed by atoms with E-state index in [0.29, 0.717) is 23.6 Å². The second-order valence-electron chi connectivity index (χ2n) is 4.53. The first-order chi connectivity index (χ1) is 9.96. The number of hydrogen-bond donors (Lipinski definition) is 2. The number of sulfonamides is 1. The van der Waals surface area contributed by atoms with E-state index in [4.69, 9.17) is 0 Å². The maximum atomic E-state index is 12.3. The molecule has 21 heavy (non-hydrogen) atoms. The van der Waals surface area contributed by atoms with Gasteiger partial charge in [0.1, 0.15) is 10.7 Å². The summed E-state index contributed by atoms with van der Waals surface area (Å²) < 4.78 is 28.8. The molecule has 0 unspecified atom stereocenters. The standard InChI is InChI=1S/C13H19N5O2S/c1-4-11-12(9-18(3)16-11)17-21(19,20)10-6-7-13(14-5-2)15-8-10/h6-9,17H,4-5H2,1-3H3,(H,14,15). The number of nitrogens with one attached hydrogen (secondary N) is 2. The zero-order valence-electron chi connectivity index (χ0n) is 12.3. The van der Waals surface area contributed by atoms with Crippen LogP contribution in [0, 0.1) is 0 Å². The van der Waals surface area contributed by atoms with Gasteiger partial charge in [0, 0.05) is 26.0 Å². The highest BCUT2D eigenvalue weighted by atomic mass is 32.2. The molecule has 0 radical (unpaired) electrons. The van der Waals surface area contributed by atoms with Crippen molar-refractivity contribution in [1.82, 2.24) is 14.8 Å². The zero-order valence-corrected chi connectivity index (χ0v) is 13.1.